The summed E-state index contributed by atoms with van der Waals surface area (Å²) in [5.41, 5.74) is 8.00. The second kappa shape index (κ2) is 8.79. The number of amidine groups is 1. The molecule has 5 rings (SSSR count). The fraction of sp³-hybridized carbons (Fsp3) is 0.480. The normalized spacial score (nSPS) is 18.4. The third-order valence-electron chi connectivity index (χ3n) is 6.09. The first-order valence-corrected chi connectivity index (χ1v) is 12.0. The van der Waals surface area contributed by atoms with Crippen molar-refractivity contribution in [3.05, 3.63) is 48.3 Å². The van der Waals surface area contributed by atoms with Gasteiger partial charge < -0.3 is 16.4 Å². The molecule has 1 saturated carbocycles. The summed E-state index contributed by atoms with van der Waals surface area (Å²) >= 11 is 0. The molecule has 4 heterocycles. The molecule has 2 aliphatic rings. The smallest absolute Gasteiger partial charge is 0.153 e. The lowest BCUT2D eigenvalue weighted by Crippen LogP contribution is -2.39. The van der Waals surface area contributed by atoms with Gasteiger partial charge in [0.1, 0.15) is 17.5 Å². The van der Waals surface area contributed by atoms with E-state index in [9.17, 15) is 0 Å². The fourth-order valence-electron chi connectivity index (χ4n) is 4.10. The SMILES string of the molecule is CC(C)n1ccc(NC2=NC=CC(c3nc(NCC(C)(C)N)c4c(C5CC5)cncc4n3)C2)n1. The summed E-state index contributed by atoms with van der Waals surface area (Å²) in [5.74, 6) is 3.74. The van der Waals surface area contributed by atoms with E-state index in [1.807, 2.05) is 55.5 Å². The minimum atomic E-state index is -0.363. The average Bonchev–Trinajstić information content (AvgIpc) is 3.54. The molecule has 34 heavy (non-hydrogen) atoms. The Balaban J connectivity index is 1.43. The zero-order valence-electron chi connectivity index (χ0n) is 20.3. The van der Waals surface area contributed by atoms with Crippen LogP contribution in [-0.4, -0.2) is 42.7 Å². The number of fused-ring (bicyclic) bond motifs is 1. The van der Waals surface area contributed by atoms with E-state index in [1.54, 1.807) is 0 Å². The van der Waals surface area contributed by atoms with Gasteiger partial charge in [-0.05, 0) is 52.0 Å². The van der Waals surface area contributed by atoms with Crippen LogP contribution in [0.15, 0.2) is 41.9 Å². The van der Waals surface area contributed by atoms with Crippen molar-refractivity contribution < 1.29 is 0 Å². The summed E-state index contributed by atoms with van der Waals surface area (Å²) in [7, 11) is 0. The summed E-state index contributed by atoms with van der Waals surface area (Å²) in [4.78, 5) is 19.0. The quantitative estimate of drug-likeness (QED) is 0.481. The molecule has 1 aliphatic heterocycles. The second-order valence-electron chi connectivity index (χ2n) is 10.3. The minimum Gasteiger partial charge on any atom is -0.368 e. The number of nitrogens with two attached hydrogens (primary N) is 1. The number of nitrogens with zero attached hydrogens (tertiary/aromatic N) is 6. The molecule has 9 heteroatoms. The summed E-state index contributed by atoms with van der Waals surface area (Å²) in [6.45, 7) is 8.83. The Kier molecular flexibility index (Phi) is 5.81. The highest BCUT2D eigenvalue weighted by atomic mass is 15.3. The maximum atomic E-state index is 6.27. The van der Waals surface area contributed by atoms with Crippen molar-refractivity contribution in [1.82, 2.24) is 24.7 Å². The molecular weight excluding hydrogens is 426 g/mol. The molecule has 0 radical (unpaired) electrons. The number of aromatic nitrogens is 5. The average molecular weight is 460 g/mol. The molecule has 0 aromatic carbocycles. The Hall–Kier alpha value is -3.33. The molecule has 3 aromatic rings. The predicted molar refractivity (Wildman–Crippen MR) is 136 cm³/mol. The van der Waals surface area contributed by atoms with E-state index in [4.69, 9.17) is 15.7 Å². The lowest BCUT2D eigenvalue weighted by atomic mass is 10.0. The minimum absolute atomic E-state index is 0.00685. The third-order valence-corrected chi connectivity index (χ3v) is 6.09. The zero-order chi connectivity index (χ0) is 23.9. The number of nitrogens with one attached hydrogen (secondary N) is 2. The molecule has 1 unspecified atom stereocenters. The number of hydrogen-bond acceptors (Lipinski definition) is 8. The highest BCUT2D eigenvalue weighted by Gasteiger charge is 2.29. The Morgan fingerprint density at radius 2 is 2.03 bits per heavy atom. The van der Waals surface area contributed by atoms with Gasteiger partial charge >= 0.3 is 0 Å². The molecule has 0 bridgehead atoms. The Morgan fingerprint density at radius 1 is 1.21 bits per heavy atom. The molecular formula is C25H33N9. The van der Waals surface area contributed by atoms with Crippen LogP contribution in [0.25, 0.3) is 10.9 Å². The molecule has 1 aliphatic carbocycles. The zero-order valence-corrected chi connectivity index (χ0v) is 20.3. The van der Waals surface area contributed by atoms with E-state index in [0.717, 1.165) is 34.2 Å². The molecule has 1 fully saturated rings. The lowest BCUT2D eigenvalue weighted by Gasteiger charge is -2.22. The van der Waals surface area contributed by atoms with Gasteiger partial charge in [-0.2, -0.15) is 5.10 Å². The van der Waals surface area contributed by atoms with Crippen LogP contribution in [0.3, 0.4) is 0 Å². The van der Waals surface area contributed by atoms with Gasteiger partial charge in [-0.15, -0.1) is 0 Å². The molecule has 1 atom stereocenters. The predicted octanol–water partition coefficient (Wildman–Crippen LogP) is 4.34. The van der Waals surface area contributed by atoms with Gasteiger partial charge in [0, 0.05) is 60.5 Å². The van der Waals surface area contributed by atoms with Crippen molar-refractivity contribution in [3.63, 3.8) is 0 Å². The molecule has 4 N–H and O–H groups in total. The molecule has 0 spiro atoms. The van der Waals surface area contributed by atoms with Crippen LogP contribution in [0.2, 0.25) is 0 Å². The van der Waals surface area contributed by atoms with E-state index in [0.29, 0.717) is 24.9 Å². The molecule has 0 amide bonds. The van der Waals surface area contributed by atoms with Crippen LogP contribution < -0.4 is 16.4 Å². The van der Waals surface area contributed by atoms with E-state index in [1.165, 1.54) is 18.4 Å². The van der Waals surface area contributed by atoms with Crippen molar-refractivity contribution in [2.24, 2.45) is 10.7 Å². The number of pyridine rings is 1. The molecule has 3 aromatic heterocycles. The Bertz CT molecular complexity index is 1240. The maximum Gasteiger partial charge on any atom is 0.153 e. The Morgan fingerprint density at radius 3 is 2.74 bits per heavy atom. The van der Waals surface area contributed by atoms with Crippen molar-refractivity contribution in [1.29, 1.82) is 0 Å². The van der Waals surface area contributed by atoms with Gasteiger partial charge in [-0.1, -0.05) is 6.08 Å². The Labute approximate surface area is 200 Å². The van der Waals surface area contributed by atoms with Crippen LogP contribution in [0, 0.1) is 0 Å². The monoisotopic (exact) mass is 459 g/mol. The van der Waals surface area contributed by atoms with Gasteiger partial charge in [-0.25, -0.2) is 15.0 Å². The van der Waals surface area contributed by atoms with Crippen LogP contribution in [-0.2, 0) is 0 Å². The van der Waals surface area contributed by atoms with E-state index < -0.39 is 0 Å². The topological polar surface area (TPSA) is 119 Å². The summed E-state index contributed by atoms with van der Waals surface area (Å²) in [6, 6.07) is 2.27. The molecule has 9 nitrogen and oxygen atoms in total. The van der Waals surface area contributed by atoms with Crippen LogP contribution in [0.5, 0.6) is 0 Å². The van der Waals surface area contributed by atoms with Crippen molar-refractivity contribution in [2.45, 2.75) is 70.4 Å². The fourth-order valence-corrected chi connectivity index (χ4v) is 4.10. The van der Waals surface area contributed by atoms with Crippen LogP contribution in [0.4, 0.5) is 11.6 Å². The third kappa shape index (κ3) is 4.94. The first-order chi connectivity index (χ1) is 16.3. The van der Waals surface area contributed by atoms with Gasteiger partial charge in [-0.3, -0.25) is 9.67 Å². The van der Waals surface area contributed by atoms with Crippen molar-refractivity contribution >= 4 is 28.4 Å². The van der Waals surface area contributed by atoms with Gasteiger partial charge in [0.25, 0.3) is 0 Å². The highest BCUT2D eigenvalue weighted by molar-refractivity contribution is 5.96. The number of hydrogen-bond donors (Lipinski definition) is 3. The van der Waals surface area contributed by atoms with Crippen LogP contribution >= 0.6 is 0 Å². The van der Waals surface area contributed by atoms with Crippen LogP contribution in [0.1, 0.15) is 76.2 Å². The van der Waals surface area contributed by atoms with E-state index in [2.05, 4.69) is 39.6 Å². The highest BCUT2D eigenvalue weighted by Crippen LogP contribution is 2.44. The molecule has 0 saturated heterocycles. The number of rotatable bonds is 7. The first-order valence-electron chi connectivity index (χ1n) is 12.0. The van der Waals surface area contributed by atoms with Gasteiger partial charge in [0.15, 0.2) is 5.82 Å². The van der Waals surface area contributed by atoms with Crippen molar-refractivity contribution in [3.8, 4) is 0 Å². The van der Waals surface area contributed by atoms with E-state index in [-0.39, 0.29) is 11.5 Å². The second-order valence-corrected chi connectivity index (χ2v) is 10.3. The molecule has 178 valence electrons. The first kappa shape index (κ1) is 22.5. The van der Waals surface area contributed by atoms with Crippen molar-refractivity contribution in [2.75, 3.05) is 17.2 Å². The largest absolute Gasteiger partial charge is 0.368 e. The summed E-state index contributed by atoms with van der Waals surface area (Å²) in [5, 5.41) is 12.5. The standard InChI is InChI=1S/C25H33N9/c1-15(2)34-10-8-20(33-34)31-21-11-17(7-9-28-21)23-30-19-13-27-12-18(16-5-6-16)22(19)24(32-23)29-14-25(3,4)26/h7-10,12-13,15-17H,5-6,11,14,26H2,1-4H3,(H,28,31,33)(H,29,30,32). The lowest BCUT2D eigenvalue weighted by molar-refractivity contribution is 0.534. The van der Waals surface area contributed by atoms with Gasteiger partial charge in [0.05, 0.1) is 11.7 Å². The van der Waals surface area contributed by atoms with E-state index >= 15 is 0 Å². The number of allylic oxidation sites excluding steroid dienone is 1. The number of anilines is 2. The van der Waals surface area contributed by atoms with Gasteiger partial charge in [0.2, 0.25) is 0 Å². The summed E-state index contributed by atoms with van der Waals surface area (Å²) < 4.78 is 1.92. The maximum absolute atomic E-state index is 6.27. The summed E-state index contributed by atoms with van der Waals surface area (Å²) in [6.07, 6.45) is 12.7. The number of aliphatic imine (C=N–C) groups is 1.